The third-order valence-corrected chi connectivity index (χ3v) is 8.02. The van der Waals surface area contributed by atoms with Crippen LogP contribution in [0.15, 0.2) is 12.2 Å². The van der Waals surface area contributed by atoms with Crippen LogP contribution >= 0.6 is 0 Å². The van der Waals surface area contributed by atoms with Crippen molar-refractivity contribution in [3.05, 3.63) is 12.2 Å². The molecule has 0 aromatic heterocycles. The second kappa shape index (κ2) is 31.7. The molecule has 4 nitrogen and oxygen atoms in total. The molecule has 1 amide bonds. The largest absolute Gasteiger partial charge is 0.394 e. The Hall–Kier alpha value is -0.870. The van der Waals surface area contributed by atoms with E-state index in [1.165, 1.54) is 141 Å². The SMILES string of the molecule is CCCCCCCCCCCCCC/C=C/[C@@H](O)[C@H](CO)NC(=O)CCCCCCCCCCCCCCC. The van der Waals surface area contributed by atoms with E-state index in [2.05, 4.69) is 19.2 Å². The van der Waals surface area contributed by atoms with Gasteiger partial charge in [-0.15, -0.1) is 0 Å². The van der Waals surface area contributed by atoms with Gasteiger partial charge in [0, 0.05) is 6.42 Å². The molecular formula is C35H69NO3. The summed E-state index contributed by atoms with van der Waals surface area (Å²) in [5, 5.41) is 22.8. The first-order valence-corrected chi connectivity index (χ1v) is 17.4. The molecule has 0 fully saturated rings. The highest BCUT2D eigenvalue weighted by Gasteiger charge is 2.17. The summed E-state index contributed by atoms with van der Waals surface area (Å²) in [5.41, 5.74) is 0. The van der Waals surface area contributed by atoms with Crippen molar-refractivity contribution in [2.75, 3.05) is 6.61 Å². The summed E-state index contributed by atoms with van der Waals surface area (Å²) >= 11 is 0. The number of nitrogens with one attached hydrogen (secondary N) is 1. The van der Waals surface area contributed by atoms with Crippen LogP contribution in [-0.4, -0.2) is 34.9 Å². The zero-order chi connectivity index (χ0) is 28.7. The van der Waals surface area contributed by atoms with Crippen LogP contribution in [0.3, 0.4) is 0 Å². The molecule has 0 saturated carbocycles. The summed E-state index contributed by atoms with van der Waals surface area (Å²) in [6.45, 7) is 4.29. The molecule has 0 saturated heterocycles. The van der Waals surface area contributed by atoms with Gasteiger partial charge in [0.1, 0.15) is 0 Å². The van der Waals surface area contributed by atoms with E-state index in [-0.39, 0.29) is 12.5 Å². The lowest BCUT2D eigenvalue weighted by atomic mass is 10.0. The number of allylic oxidation sites excluding steroid dienone is 1. The monoisotopic (exact) mass is 552 g/mol. The van der Waals surface area contributed by atoms with Gasteiger partial charge in [-0.2, -0.15) is 0 Å². The van der Waals surface area contributed by atoms with Crippen LogP contribution in [0.2, 0.25) is 0 Å². The van der Waals surface area contributed by atoms with Gasteiger partial charge in [0.25, 0.3) is 0 Å². The summed E-state index contributed by atoms with van der Waals surface area (Å²) in [7, 11) is 0. The molecule has 0 bridgehead atoms. The van der Waals surface area contributed by atoms with Crippen molar-refractivity contribution in [3.63, 3.8) is 0 Å². The smallest absolute Gasteiger partial charge is 0.220 e. The third kappa shape index (κ3) is 28.5. The molecule has 0 aliphatic rings. The van der Waals surface area contributed by atoms with Crippen molar-refractivity contribution in [1.29, 1.82) is 0 Å². The summed E-state index contributed by atoms with van der Waals surface area (Å²) in [6, 6.07) is -0.613. The molecule has 0 aliphatic carbocycles. The molecule has 39 heavy (non-hydrogen) atoms. The van der Waals surface area contributed by atoms with Crippen molar-refractivity contribution in [1.82, 2.24) is 5.32 Å². The van der Waals surface area contributed by atoms with Crippen LogP contribution in [0.1, 0.15) is 187 Å². The number of amides is 1. The first-order chi connectivity index (χ1) is 19.2. The van der Waals surface area contributed by atoms with E-state index in [0.29, 0.717) is 6.42 Å². The zero-order valence-electron chi connectivity index (χ0n) is 26.4. The van der Waals surface area contributed by atoms with Gasteiger partial charge in [-0.05, 0) is 19.3 Å². The summed E-state index contributed by atoms with van der Waals surface area (Å²) in [4.78, 5) is 12.3. The molecule has 0 aliphatic heterocycles. The Morgan fingerprint density at radius 1 is 0.590 bits per heavy atom. The van der Waals surface area contributed by atoms with Crippen LogP contribution in [0.5, 0.6) is 0 Å². The maximum absolute atomic E-state index is 12.3. The first kappa shape index (κ1) is 38.1. The predicted octanol–water partition coefficient (Wildman–Crippen LogP) is 9.95. The molecule has 0 spiro atoms. The maximum atomic E-state index is 12.3. The molecule has 0 unspecified atom stereocenters. The Labute approximate surface area is 244 Å². The van der Waals surface area contributed by atoms with Gasteiger partial charge in [0.05, 0.1) is 18.8 Å². The fraction of sp³-hybridized carbons (Fsp3) is 0.914. The Morgan fingerprint density at radius 3 is 1.33 bits per heavy atom. The standard InChI is InChI=1S/C35H69NO3/c1-3-5-7-9-11-13-15-17-19-20-22-24-26-28-30-34(38)33(32-37)36-35(39)31-29-27-25-23-21-18-16-14-12-10-8-6-4-2/h28,30,33-34,37-38H,3-27,29,31-32H2,1-2H3,(H,36,39)/b30-28+/t33-,34+/m0/s1. The van der Waals surface area contributed by atoms with Crippen LogP contribution in [0, 0.1) is 0 Å². The van der Waals surface area contributed by atoms with Crippen molar-refractivity contribution >= 4 is 5.91 Å². The number of hydrogen-bond acceptors (Lipinski definition) is 3. The first-order valence-electron chi connectivity index (χ1n) is 17.4. The number of hydrogen-bond donors (Lipinski definition) is 3. The minimum absolute atomic E-state index is 0.0643. The van der Waals surface area contributed by atoms with Crippen molar-refractivity contribution in [2.24, 2.45) is 0 Å². The van der Waals surface area contributed by atoms with E-state index in [1.54, 1.807) is 6.08 Å². The topological polar surface area (TPSA) is 69.6 Å². The predicted molar refractivity (Wildman–Crippen MR) is 170 cm³/mol. The second-order valence-electron chi connectivity index (χ2n) is 11.9. The molecular weight excluding hydrogens is 482 g/mol. The quantitative estimate of drug-likeness (QED) is 0.0593. The van der Waals surface area contributed by atoms with E-state index in [1.807, 2.05) is 6.08 Å². The highest BCUT2D eigenvalue weighted by atomic mass is 16.3. The summed E-state index contributed by atoms with van der Waals surface area (Å²) in [5.74, 6) is -0.0643. The van der Waals surface area contributed by atoms with Gasteiger partial charge in [0.15, 0.2) is 0 Å². The number of aliphatic hydroxyl groups is 2. The van der Waals surface area contributed by atoms with Gasteiger partial charge in [-0.1, -0.05) is 174 Å². The summed E-state index contributed by atoms with van der Waals surface area (Å²) < 4.78 is 0. The number of carbonyl (C=O) groups is 1. The van der Waals surface area contributed by atoms with Crippen LogP contribution < -0.4 is 5.32 Å². The Balaban J connectivity index is 3.62. The summed E-state index contributed by atoms with van der Waals surface area (Å²) in [6.07, 6.45) is 37.1. The van der Waals surface area contributed by atoms with Gasteiger partial charge in [0.2, 0.25) is 5.91 Å². The Bertz CT molecular complexity index is 522. The average Bonchev–Trinajstić information content (AvgIpc) is 2.94. The van der Waals surface area contributed by atoms with Crippen molar-refractivity contribution in [2.45, 2.75) is 199 Å². The normalized spacial score (nSPS) is 13.2. The van der Waals surface area contributed by atoms with Gasteiger partial charge >= 0.3 is 0 Å². The number of rotatable bonds is 31. The van der Waals surface area contributed by atoms with Gasteiger partial charge < -0.3 is 15.5 Å². The highest BCUT2D eigenvalue weighted by molar-refractivity contribution is 5.76. The van der Waals surface area contributed by atoms with Crippen molar-refractivity contribution in [3.8, 4) is 0 Å². The fourth-order valence-corrected chi connectivity index (χ4v) is 5.29. The molecule has 0 rings (SSSR count). The van der Waals surface area contributed by atoms with E-state index < -0.39 is 12.1 Å². The lowest BCUT2D eigenvalue weighted by molar-refractivity contribution is -0.123. The molecule has 0 aromatic carbocycles. The maximum Gasteiger partial charge on any atom is 0.220 e. The van der Waals surface area contributed by atoms with Crippen LogP contribution in [0.4, 0.5) is 0 Å². The number of unbranched alkanes of at least 4 members (excludes halogenated alkanes) is 24. The average molecular weight is 552 g/mol. The minimum Gasteiger partial charge on any atom is -0.394 e. The molecule has 3 N–H and O–H groups in total. The zero-order valence-corrected chi connectivity index (χ0v) is 26.4. The fourth-order valence-electron chi connectivity index (χ4n) is 5.29. The third-order valence-electron chi connectivity index (χ3n) is 8.02. The minimum atomic E-state index is -0.831. The Morgan fingerprint density at radius 2 is 0.949 bits per heavy atom. The lowest BCUT2D eigenvalue weighted by Gasteiger charge is -2.20. The molecule has 0 aromatic rings. The molecule has 0 heterocycles. The Kier molecular flexibility index (Phi) is 30.9. The van der Waals surface area contributed by atoms with Gasteiger partial charge in [-0.3, -0.25) is 4.79 Å². The molecule has 232 valence electrons. The van der Waals surface area contributed by atoms with E-state index in [4.69, 9.17) is 0 Å². The van der Waals surface area contributed by atoms with E-state index >= 15 is 0 Å². The van der Waals surface area contributed by atoms with Crippen LogP contribution in [-0.2, 0) is 4.79 Å². The van der Waals surface area contributed by atoms with Crippen LogP contribution in [0.25, 0.3) is 0 Å². The van der Waals surface area contributed by atoms with E-state index in [0.717, 1.165) is 25.7 Å². The highest BCUT2D eigenvalue weighted by Crippen LogP contribution is 2.14. The van der Waals surface area contributed by atoms with Crippen molar-refractivity contribution < 1.29 is 15.0 Å². The lowest BCUT2D eigenvalue weighted by Crippen LogP contribution is -2.45. The number of aliphatic hydroxyl groups excluding tert-OH is 2. The molecule has 4 heteroatoms. The second-order valence-corrected chi connectivity index (χ2v) is 11.9. The molecule has 2 atom stereocenters. The number of carbonyl (C=O) groups excluding carboxylic acids is 1. The van der Waals surface area contributed by atoms with E-state index in [9.17, 15) is 15.0 Å². The van der Waals surface area contributed by atoms with Gasteiger partial charge in [-0.25, -0.2) is 0 Å². The molecule has 0 radical (unpaired) electrons.